The van der Waals surface area contributed by atoms with E-state index >= 15 is 0 Å². The van der Waals surface area contributed by atoms with Crippen molar-refractivity contribution in [1.82, 2.24) is 5.32 Å². The zero-order valence-corrected chi connectivity index (χ0v) is 11.0. The maximum absolute atomic E-state index is 11.5. The van der Waals surface area contributed by atoms with Crippen LogP contribution < -0.4 is 15.4 Å². The van der Waals surface area contributed by atoms with Crippen LogP contribution in [-0.2, 0) is 4.79 Å². The topological polar surface area (TPSA) is 67.4 Å². The van der Waals surface area contributed by atoms with Gasteiger partial charge in [0.15, 0.2) is 0 Å². The molecule has 2 amide bonds. The number of nitrogens with one attached hydrogen (secondary N) is 2. The molecule has 5 nitrogen and oxygen atoms in total. The second-order valence-electron chi connectivity index (χ2n) is 4.97. The van der Waals surface area contributed by atoms with Crippen LogP contribution in [0.15, 0.2) is 24.3 Å². The van der Waals surface area contributed by atoms with Crippen molar-refractivity contribution in [2.75, 3.05) is 5.32 Å². The van der Waals surface area contributed by atoms with Crippen molar-refractivity contribution < 1.29 is 14.3 Å². The average molecular weight is 250 g/mol. The average Bonchev–Trinajstić information content (AvgIpc) is 2.13. The van der Waals surface area contributed by atoms with E-state index < -0.39 is 6.09 Å². The number of ether oxygens (including phenoxy) is 1. The van der Waals surface area contributed by atoms with E-state index in [2.05, 4.69) is 10.6 Å². The fraction of sp³-hybridized carbons (Fsp3) is 0.385. The van der Waals surface area contributed by atoms with Crippen molar-refractivity contribution >= 4 is 17.7 Å². The first kappa shape index (κ1) is 14.0. The van der Waals surface area contributed by atoms with Gasteiger partial charge in [-0.1, -0.05) is 6.07 Å². The van der Waals surface area contributed by atoms with Gasteiger partial charge in [0.1, 0.15) is 5.75 Å². The zero-order chi connectivity index (χ0) is 13.8. The lowest BCUT2D eigenvalue weighted by Crippen LogP contribution is -2.42. The van der Waals surface area contributed by atoms with Gasteiger partial charge < -0.3 is 15.4 Å². The van der Waals surface area contributed by atoms with Gasteiger partial charge in [0.25, 0.3) is 0 Å². The molecule has 5 heteroatoms. The standard InChI is InChI=1S/C13H18N2O3/c1-9(16)14-10-6-5-7-11(8-10)18-12(17)15-13(2,3)4/h5-8H,1-4H3,(H,14,16)(H,15,17). The molecule has 0 unspecified atom stereocenters. The van der Waals surface area contributed by atoms with E-state index in [4.69, 9.17) is 4.74 Å². The molecule has 0 aliphatic rings. The third kappa shape index (κ3) is 5.34. The van der Waals surface area contributed by atoms with Crippen molar-refractivity contribution in [3.8, 4) is 5.75 Å². The molecule has 1 aromatic carbocycles. The maximum atomic E-state index is 11.5. The number of hydrogen-bond acceptors (Lipinski definition) is 3. The van der Waals surface area contributed by atoms with Gasteiger partial charge in [0.05, 0.1) is 0 Å². The Labute approximate surface area is 107 Å². The Morgan fingerprint density at radius 2 is 1.89 bits per heavy atom. The highest BCUT2D eigenvalue weighted by atomic mass is 16.6. The molecule has 2 N–H and O–H groups in total. The molecule has 18 heavy (non-hydrogen) atoms. The van der Waals surface area contributed by atoms with Gasteiger partial charge in [0, 0.05) is 24.2 Å². The molecule has 0 fully saturated rings. The van der Waals surface area contributed by atoms with E-state index in [0.29, 0.717) is 11.4 Å². The minimum absolute atomic E-state index is 0.175. The Hall–Kier alpha value is -2.04. The Balaban J connectivity index is 2.67. The van der Waals surface area contributed by atoms with Gasteiger partial charge >= 0.3 is 6.09 Å². The van der Waals surface area contributed by atoms with Crippen molar-refractivity contribution in [3.63, 3.8) is 0 Å². The molecule has 0 aliphatic heterocycles. The maximum Gasteiger partial charge on any atom is 0.413 e. The van der Waals surface area contributed by atoms with Crippen LogP contribution in [-0.4, -0.2) is 17.5 Å². The second-order valence-corrected chi connectivity index (χ2v) is 4.97. The molecule has 0 spiro atoms. The van der Waals surface area contributed by atoms with Gasteiger partial charge in [-0.15, -0.1) is 0 Å². The molecule has 98 valence electrons. The normalized spacial score (nSPS) is 10.7. The summed E-state index contributed by atoms with van der Waals surface area (Å²) in [6.45, 7) is 7.01. The third-order valence-corrected chi connectivity index (χ3v) is 1.84. The number of carbonyl (C=O) groups excluding carboxylic acids is 2. The molecule has 1 rings (SSSR count). The quantitative estimate of drug-likeness (QED) is 0.847. The molecule has 1 aromatic rings. The fourth-order valence-corrected chi connectivity index (χ4v) is 1.28. The van der Waals surface area contributed by atoms with Gasteiger partial charge in [-0.05, 0) is 32.9 Å². The molecule has 0 saturated carbocycles. The lowest BCUT2D eigenvalue weighted by molar-refractivity contribution is -0.114. The number of amides is 2. The first-order valence-electron chi connectivity index (χ1n) is 5.64. The second kappa shape index (κ2) is 5.53. The van der Waals surface area contributed by atoms with Crippen molar-refractivity contribution in [1.29, 1.82) is 0 Å². The Bertz CT molecular complexity index is 450. The highest BCUT2D eigenvalue weighted by Crippen LogP contribution is 2.17. The van der Waals surface area contributed by atoms with Gasteiger partial charge in [-0.3, -0.25) is 4.79 Å². The van der Waals surface area contributed by atoms with Gasteiger partial charge in [0.2, 0.25) is 5.91 Å². The van der Waals surface area contributed by atoms with E-state index in [-0.39, 0.29) is 11.4 Å². The lowest BCUT2D eigenvalue weighted by Gasteiger charge is -2.19. The SMILES string of the molecule is CC(=O)Nc1cccc(OC(=O)NC(C)(C)C)c1. The van der Waals surface area contributed by atoms with E-state index in [1.807, 2.05) is 20.8 Å². The molecule has 0 bridgehead atoms. The predicted octanol–water partition coefficient (Wildman–Crippen LogP) is 2.53. The van der Waals surface area contributed by atoms with Crippen molar-refractivity contribution in [3.05, 3.63) is 24.3 Å². The Morgan fingerprint density at radius 1 is 1.22 bits per heavy atom. The third-order valence-electron chi connectivity index (χ3n) is 1.84. The summed E-state index contributed by atoms with van der Waals surface area (Å²) in [4.78, 5) is 22.4. The summed E-state index contributed by atoms with van der Waals surface area (Å²) in [5, 5.41) is 5.30. The molecule has 0 atom stereocenters. The first-order valence-corrected chi connectivity index (χ1v) is 5.64. The van der Waals surface area contributed by atoms with E-state index in [1.165, 1.54) is 6.92 Å². The number of anilines is 1. The van der Waals surface area contributed by atoms with Gasteiger partial charge in [-0.2, -0.15) is 0 Å². The van der Waals surface area contributed by atoms with Crippen LogP contribution in [0.5, 0.6) is 5.75 Å². The predicted molar refractivity (Wildman–Crippen MR) is 69.7 cm³/mol. The van der Waals surface area contributed by atoms with Crippen LogP contribution in [0.1, 0.15) is 27.7 Å². The fourth-order valence-electron chi connectivity index (χ4n) is 1.28. The van der Waals surface area contributed by atoms with Crippen LogP contribution in [0.4, 0.5) is 10.5 Å². The molecule has 0 aliphatic carbocycles. The summed E-state index contributed by atoms with van der Waals surface area (Å²) >= 11 is 0. The summed E-state index contributed by atoms with van der Waals surface area (Å²) in [6.07, 6.45) is -0.525. The summed E-state index contributed by atoms with van der Waals surface area (Å²) in [7, 11) is 0. The number of hydrogen-bond donors (Lipinski definition) is 2. The van der Waals surface area contributed by atoms with Crippen LogP contribution in [0.3, 0.4) is 0 Å². The minimum atomic E-state index is -0.525. The zero-order valence-electron chi connectivity index (χ0n) is 11.0. The van der Waals surface area contributed by atoms with E-state index in [9.17, 15) is 9.59 Å². The van der Waals surface area contributed by atoms with E-state index in [0.717, 1.165) is 0 Å². The summed E-state index contributed by atoms with van der Waals surface area (Å²) in [5.41, 5.74) is 0.232. The number of carbonyl (C=O) groups is 2. The van der Waals surface area contributed by atoms with Crippen LogP contribution in [0.2, 0.25) is 0 Å². The smallest absolute Gasteiger partial charge is 0.410 e. The Kier molecular flexibility index (Phi) is 4.31. The van der Waals surface area contributed by atoms with Gasteiger partial charge in [-0.25, -0.2) is 4.79 Å². The van der Waals surface area contributed by atoms with Crippen LogP contribution in [0.25, 0.3) is 0 Å². The van der Waals surface area contributed by atoms with Crippen molar-refractivity contribution in [2.24, 2.45) is 0 Å². The molecule has 0 heterocycles. The lowest BCUT2D eigenvalue weighted by atomic mass is 10.1. The largest absolute Gasteiger partial charge is 0.413 e. The molecular formula is C13H18N2O3. The highest BCUT2D eigenvalue weighted by molar-refractivity contribution is 5.88. The number of rotatable bonds is 2. The van der Waals surface area contributed by atoms with Crippen LogP contribution >= 0.6 is 0 Å². The summed E-state index contributed by atoms with van der Waals surface area (Å²) in [6, 6.07) is 6.65. The van der Waals surface area contributed by atoms with Crippen LogP contribution in [0, 0.1) is 0 Å². The van der Waals surface area contributed by atoms with E-state index in [1.54, 1.807) is 24.3 Å². The monoisotopic (exact) mass is 250 g/mol. The molecule has 0 saturated heterocycles. The summed E-state index contributed by atoms with van der Waals surface area (Å²) in [5.74, 6) is 0.203. The molecule has 0 aromatic heterocycles. The molecular weight excluding hydrogens is 232 g/mol. The highest BCUT2D eigenvalue weighted by Gasteiger charge is 2.15. The molecule has 0 radical (unpaired) electrons. The van der Waals surface area contributed by atoms with Crippen molar-refractivity contribution in [2.45, 2.75) is 33.2 Å². The Morgan fingerprint density at radius 3 is 2.44 bits per heavy atom. The minimum Gasteiger partial charge on any atom is -0.410 e. The first-order chi connectivity index (χ1) is 8.26. The number of benzene rings is 1. The summed E-state index contributed by atoms with van der Waals surface area (Å²) < 4.78 is 5.11.